The van der Waals surface area contributed by atoms with Gasteiger partial charge >= 0.3 is 0 Å². The monoisotopic (exact) mass is 344 g/mol. The minimum Gasteiger partial charge on any atom is -0.346 e. The van der Waals surface area contributed by atoms with E-state index in [1.165, 1.54) is 31.1 Å². The van der Waals surface area contributed by atoms with Gasteiger partial charge in [-0.2, -0.15) is 0 Å². The molecule has 2 amide bonds. The predicted octanol–water partition coefficient (Wildman–Crippen LogP) is 2.08. The van der Waals surface area contributed by atoms with Crippen molar-refractivity contribution in [3.8, 4) is 0 Å². The summed E-state index contributed by atoms with van der Waals surface area (Å²) < 4.78 is 0.952. The van der Waals surface area contributed by atoms with Gasteiger partial charge in [0, 0.05) is 35.8 Å². The second-order valence-corrected chi connectivity index (χ2v) is 7.70. The molecule has 0 aliphatic carbocycles. The Morgan fingerprint density at radius 1 is 1.29 bits per heavy atom. The molecule has 2 bridgehead atoms. The van der Waals surface area contributed by atoms with Crippen molar-refractivity contribution in [1.82, 2.24) is 15.2 Å². The van der Waals surface area contributed by atoms with Crippen LogP contribution in [0.5, 0.6) is 0 Å². The summed E-state index contributed by atoms with van der Waals surface area (Å²) in [5, 5.41) is 7.64. The normalized spacial score (nSPS) is 25.6. The average molecular weight is 344 g/mol. The minimum absolute atomic E-state index is 0.102. The minimum atomic E-state index is -0.106. The molecule has 0 aromatic carbocycles. The summed E-state index contributed by atoms with van der Waals surface area (Å²) in [6, 6.07) is 3.92. The molecule has 0 radical (unpaired) electrons. The summed E-state index contributed by atoms with van der Waals surface area (Å²) in [6.45, 7) is 4.74. The van der Waals surface area contributed by atoms with E-state index in [-0.39, 0.29) is 17.9 Å². The molecular weight excluding hydrogens is 324 g/mol. The van der Waals surface area contributed by atoms with Crippen molar-refractivity contribution in [2.45, 2.75) is 25.8 Å². The number of rotatable bonds is 3. The first-order valence-electron chi connectivity index (χ1n) is 8.29. The van der Waals surface area contributed by atoms with Crippen molar-refractivity contribution < 1.29 is 9.59 Å². The Bertz CT molecular complexity index is 795. The summed E-state index contributed by atoms with van der Waals surface area (Å²) >= 11 is 1.46. The fourth-order valence-corrected chi connectivity index (χ4v) is 4.68. The number of aromatic nitrogens is 1. The third kappa shape index (κ3) is 3.01. The molecule has 3 saturated heterocycles. The predicted molar refractivity (Wildman–Crippen MR) is 94.3 cm³/mol. The standard InChI is InChI=1S/C17H20N4O2S/c1-10(22)19-16-6-12-8-18-13(7-15(12)24-16)17(23)20-14-9-21-4-2-11(14)3-5-21/h6-8,11,14H,2-5,9H2,1H3,(H,19,22)(H,20,23). The molecule has 3 fully saturated rings. The van der Waals surface area contributed by atoms with E-state index in [1.807, 2.05) is 12.1 Å². The van der Waals surface area contributed by atoms with Crippen LogP contribution in [0.2, 0.25) is 0 Å². The van der Waals surface area contributed by atoms with Crippen molar-refractivity contribution in [2.75, 3.05) is 25.0 Å². The molecule has 2 aromatic rings. The van der Waals surface area contributed by atoms with Crippen LogP contribution in [0.15, 0.2) is 18.3 Å². The Labute approximate surface area is 144 Å². The number of pyridine rings is 1. The first kappa shape index (κ1) is 15.5. The highest BCUT2D eigenvalue weighted by atomic mass is 32.1. The number of nitrogens with one attached hydrogen (secondary N) is 2. The van der Waals surface area contributed by atoms with Gasteiger partial charge in [-0.3, -0.25) is 14.6 Å². The number of amides is 2. The number of piperidine rings is 3. The van der Waals surface area contributed by atoms with Gasteiger partial charge in [0.2, 0.25) is 5.91 Å². The maximum absolute atomic E-state index is 12.6. The molecule has 24 heavy (non-hydrogen) atoms. The second kappa shape index (κ2) is 6.14. The lowest BCUT2D eigenvalue weighted by atomic mass is 9.84. The van der Waals surface area contributed by atoms with Gasteiger partial charge in [0.05, 0.1) is 5.00 Å². The lowest BCUT2D eigenvalue weighted by Crippen LogP contribution is -2.57. The van der Waals surface area contributed by atoms with Gasteiger partial charge in [-0.1, -0.05) is 0 Å². The van der Waals surface area contributed by atoms with Crippen molar-refractivity contribution in [3.63, 3.8) is 0 Å². The van der Waals surface area contributed by atoms with Crippen LogP contribution in [0.3, 0.4) is 0 Å². The van der Waals surface area contributed by atoms with E-state index in [1.54, 1.807) is 6.20 Å². The van der Waals surface area contributed by atoms with Gasteiger partial charge < -0.3 is 15.5 Å². The van der Waals surface area contributed by atoms with E-state index in [0.29, 0.717) is 11.6 Å². The van der Waals surface area contributed by atoms with E-state index in [4.69, 9.17) is 0 Å². The van der Waals surface area contributed by atoms with Gasteiger partial charge in [-0.25, -0.2) is 0 Å². The third-order valence-electron chi connectivity index (χ3n) is 4.91. The van der Waals surface area contributed by atoms with Crippen LogP contribution in [0.25, 0.3) is 10.1 Å². The second-order valence-electron chi connectivity index (χ2n) is 6.62. The highest BCUT2D eigenvalue weighted by molar-refractivity contribution is 7.23. The van der Waals surface area contributed by atoms with Crippen LogP contribution >= 0.6 is 11.3 Å². The number of anilines is 1. The summed E-state index contributed by atoms with van der Waals surface area (Å²) in [4.78, 5) is 30.4. The van der Waals surface area contributed by atoms with Crippen LogP contribution in [0, 0.1) is 5.92 Å². The number of thiophene rings is 1. The molecule has 6 nitrogen and oxygen atoms in total. The van der Waals surface area contributed by atoms with Crippen molar-refractivity contribution >= 4 is 38.2 Å². The SMILES string of the molecule is CC(=O)Nc1cc2cnc(C(=O)NC3CN4CCC3CC4)cc2s1. The number of carbonyl (C=O) groups excluding carboxylic acids is 2. The number of hydrogen-bond donors (Lipinski definition) is 2. The molecule has 2 N–H and O–H groups in total. The first-order valence-corrected chi connectivity index (χ1v) is 9.10. The van der Waals surface area contributed by atoms with E-state index >= 15 is 0 Å². The zero-order valence-corrected chi connectivity index (χ0v) is 14.4. The van der Waals surface area contributed by atoms with E-state index in [2.05, 4.69) is 20.5 Å². The largest absolute Gasteiger partial charge is 0.346 e. The Hall–Kier alpha value is -1.99. The zero-order chi connectivity index (χ0) is 16.7. The lowest BCUT2D eigenvalue weighted by molar-refractivity contribution is -0.114. The number of carbonyl (C=O) groups is 2. The van der Waals surface area contributed by atoms with Gasteiger partial charge in [0.1, 0.15) is 5.69 Å². The smallest absolute Gasteiger partial charge is 0.270 e. The summed E-state index contributed by atoms with van der Waals surface area (Å²) in [5.74, 6) is 0.385. The molecule has 3 aliphatic heterocycles. The Morgan fingerprint density at radius 3 is 2.75 bits per heavy atom. The highest BCUT2D eigenvalue weighted by Gasteiger charge is 2.35. The molecule has 5 rings (SSSR count). The number of fused-ring (bicyclic) bond motifs is 4. The van der Waals surface area contributed by atoms with E-state index < -0.39 is 0 Å². The number of nitrogens with zero attached hydrogens (tertiary/aromatic N) is 2. The fraction of sp³-hybridized carbons (Fsp3) is 0.471. The van der Waals surface area contributed by atoms with Crippen LogP contribution in [0.1, 0.15) is 30.3 Å². The molecule has 1 atom stereocenters. The first-order chi connectivity index (χ1) is 11.6. The summed E-state index contributed by atoms with van der Waals surface area (Å²) in [7, 11) is 0. The van der Waals surface area contributed by atoms with Gasteiger partial charge in [-0.05, 0) is 44.0 Å². The van der Waals surface area contributed by atoms with Crippen LogP contribution in [-0.4, -0.2) is 47.4 Å². The summed E-state index contributed by atoms with van der Waals surface area (Å²) in [5.41, 5.74) is 0.440. The summed E-state index contributed by atoms with van der Waals surface area (Å²) in [6.07, 6.45) is 4.04. The van der Waals surface area contributed by atoms with Crippen LogP contribution in [-0.2, 0) is 4.79 Å². The van der Waals surface area contributed by atoms with Gasteiger partial charge in [-0.15, -0.1) is 11.3 Å². The molecule has 2 aromatic heterocycles. The van der Waals surface area contributed by atoms with E-state index in [0.717, 1.165) is 34.7 Å². The molecule has 7 heteroatoms. The van der Waals surface area contributed by atoms with Gasteiger partial charge in [0.15, 0.2) is 0 Å². The van der Waals surface area contributed by atoms with Crippen molar-refractivity contribution in [3.05, 3.63) is 24.0 Å². The molecule has 126 valence electrons. The molecule has 1 unspecified atom stereocenters. The molecular formula is C17H20N4O2S. The highest BCUT2D eigenvalue weighted by Crippen LogP contribution is 2.30. The Kier molecular flexibility index (Phi) is 3.97. The molecule has 5 heterocycles. The zero-order valence-electron chi connectivity index (χ0n) is 13.5. The lowest BCUT2D eigenvalue weighted by Gasteiger charge is -2.44. The van der Waals surface area contributed by atoms with Gasteiger partial charge in [0.25, 0.3) is 5.91 Å². The van der Waals surface area contributed by atoms with Crippen LogP contribution < -0.4 is 10.6 Å². The average Bonchev–Trinajstić information content (AvgIpc) is 2.96. The fourth-order valence-electron chi connectivity index (χ4n) is 3.66. The quantitative estimate of drug-likeness (QED) is 0.894. The van der Waals surface area contributed by atoms with E-state index in [9.17, 15) is 9.59 Å². The Balaban J connectivity index is 1.50. The Morgan fingerprint density at radius 2 is 2.08 bits per heavy atom. The molecule has 3 aliphatic rings. The third-order valence-corrected chi connectivity index (χ3v) is 5.92. The topological polar surface area (TPSA) is 74.3 Å². The molecule has 0 spiro atoms. The molecule has 0 saturated carbocycles. The van der Waals surface area contributed by atoms with Crippen LogP contribution in [0.4, 0.5) is 5.00 Å². The van der Waals surface area contributed by atoms with Crippen molar-refractivity contribution in [1.29, 1.82) is 0 Å². The maximum atomic E-state index is 12.6. The van der Waals surface area contributed by atoms with Crippen molar-refractivity contribution in [2.24, 2.45) is 5.92 Å². The maximum Gasteiger partial charge on any atom is 0.270 e. The number of hydrogen-bond acceptors (Lipinski definition) is 5.